The molecular formula is C63H96O5. The van der Waals surface area contributed by atoms with Gasteiger partial charge in [-0.25, -0.2) is 0 Å². The van der Waals surface area contributed by atoms with Crippen molar-refractivity contribution >= 4 is 11.9 Å². The van der Waals surface area contributed by atoms with Gasteiger partial charge < -0.3 is 14.6 Å². The topological polar surface area (TPSA) is 72.8 Å². The van der Waals surface area contributed by atoms with Gasteiger partial charge in [0, 0.05) is 12.8 Å². The largest absolute Gasteiger partial charge is 0.462 e. The number of aliphatic hydroxyl groups is 1. The van der Waals surface area contributed by atoms with Crippen molar-refractivity contribution in [3.8, 4) is 0 Å². The second kappa shape index (κ2) is 56.6. The summed E-state index contributed by atoms with van der Waals surface area (Å²) in [7, 11) is 0. The van der Waals surface area contributed by atoms with Crippen LogP contribution in [0.1, 0.15) is 194 Å². The standard InChI is InChI=1S/C63H96O5/c1-3-5-7-9-11-13-15-17-19-21-23-25-27-28-29-30-31-32-33-34-36-38-40-42-44-46-48-50-52-54-56-58-63(66)68-61(59-64)60-67-62(65)57-55-53-51-49-47-45-43-41-39-37-35-26-24-22-20-18-16-14-12-10-8-6-4-2/h5-8,11-14,17-20,23-26,28-29,31-32,34,36-37,39-40,42-43,45,61,64H,3-4,9-10,15-16,21-22,27,30,33,35,38,41,44,46-60H2,1-2H3/b7-5-,8-6-,13-11-,14-12-,19-17-,20-18-,25-23-,26-24-,29-28-,32-31-,36-34-,39-37-,42-40-,45-43-. The van der Waals surface area contributed by atoms with Crippen LogP contribution in [-0.4, -0.2) is 36.4 Å². The van der Waals surface area contributed by atoms with Gasteiger partial charge >= 0.3 is 11.9 Å². The molecule has 1 unspecified atom stereocenters. The molecule has 378 valence electrons. The first-order valence-corrected chi connectivity index (χ1v) is 26.7. The molecule has 5 heteroatoms. The third-order valence-corrected chi connectivity index (χ3v) is 10.5. The van der Waals surface area contributed by atoms with Gasteiger partial charge in [0.1, 0.15) is 6.61 Å². The Hall–Kier alpha value is -4.74. The van der Waals surface area contributed by atoms with Crippen molar-refractivity contribution in [2.45, 2.75) is 200 Å². The highest BCUT2D eigenvalue weighted by molar-refractivity contribution is 5.70. The first kappa shape index (κ1) is 63.3. The molecule has 5 nitrogen and oxygen atoms in total. The van der Waals surface area contributed by atoms with E-state index in [0.29, 0.717) is 12.8 Å². The minimum Gasteiger partial charge on any atom is -0.462 e. The van der Waals surface area contributed by atoms with Gasteiger partial charge in [0.25, 0.3) is 0 Å². The van der Waals surface area contributed by atoms with Gasteiger partial charge in [0.05, 0.1) is 6.61 Å². The first-order chi connectivity index (χ1) is 33.6. The average Bonchev–Trinajstić information content (AvgIpc) is 3.34. The maximum absolute atomic E-state index is 12.3. The summed E-state index contributed by atoms with van der Waals surface area (Å²) in [4.78, 5) is 24.5. The molecule has 1 N–H and O–H groups in total. The molecule has 68 heavy (non-hydrogen) atoms. The summed E-state index contributed by atoms with van der Waals surface area (Å²) in [5.41, 5.74) is 0. The van der Waals surface area contributed by atoms with Gasteiger partial charge in [-0.3, -0.25) is 9.59 Å². The van der Waals surface area contributed by atoms with Gasteiger partial charge in [-0.1, -0.05) is 223 Å². The van der Waals surface area contributed by atoms with Crippen LogP contribution in [0.25, 0.3) is 0 Å². The predicted octanol–water partition coefficient (Wildman–Crippen LogP) is 18.2. The zero-order valence-electron chi connectivity index (χ0n) is 43.0. The number of allylic oxidation sites excluding steroid dienone is 28. The highest BCUT2D eigenvalue weighted by Gasteiger charge is 2.16. The number of unbranched alkanes of at least 4 members (excludes halogenated alkanes) is 10. The van der Waals surface area contributed by atoms with E-state index in [4.69, 9.17) is 9.47 Å². The molecule has 0 aliphatic rings. The number of hydrogen-bond donors (Lipinski definition) is 1. The summed E-state index contributed by atoms with van der Waals surface area (Å²) < 4.78 is 10.7. The molecule has 0 aromatic heterocycles. The Kier molecular flexibility index (Phi) is 52.6. The molecule has 0 fully saturated rings. The van der Waals surface area contributed by atoms with Gasteiger partial charge in [-0.15, -0.1) is 0 Å². The van der Waals surface area contributed by atoms with E-state index in [1.165, 1.54) is 12.8 Å². The molecule has 0 rings (SSSR count). The fourth-order valence-corrected chi connectivity index (χ4v) is 6.57. The van der Waals surface area contributed by atoms with Crippen molar-refractivity contribution in [2.75, 3.05) is 13.2 Å². The van der Waals surface area contributed by atoms with Crippen LogP contribution in [0.3, 0.4) is 0 Å². The Labute approximate surface area is 417 Å². The maximum Gasteiger partial charge on any atom is 0.306 e. The molecule has 0 heterocycles. The lowest BCUT2D eigenvalue weighted by Gasteiger charge is -2.15. The van der Waals surface area contributed by atoms with E-state index in [2.05, 4.69) is 184 Å². The molecule has 0 aliphatic heterocycles. The molecule has 0 spiro atoms. The number of rotatable bonds is 46. The lowest BCUT2D eigenvalue weighted by atomic mass is 10.1. The van der Waals surface area contributed by atoms with Crippen LogP contribution in [0.5, 0.6) is 0 Å². The Morgan fingerprint density at radius 2 is 0.588 bits per heavy atom. The summed E-state index contributed by atoms with van der Waals surface area (Å²) in [6.45, 7) is 3.86. The van der Waals surface area contributed by atoms with Crippen LogP contribution >= 0.6 is 0 Å². The van der Waals surface area contributed by atoms with Crippen LogP contribution in [0, 0.1) is 0 Å². The third kappa shape index (κ3) is 53.9. The second-order valence-electron chi connectivity index (χ2n) is 16.8. The lowest BCUT2D eigenvalue weighted by molar-refractivity contribution is -0.161. The third-order valence-electron chi connectivity index (χ3n) is 10.5. The van der Waals surface area contributed by atoms with Gasteiger partial charge in [0.15, 0.2) is 6.10 Å². The normalized spacial score (nSPS) is 13.6. The van der Waals surface area contributed by atoms with Crippen LogP contribution in [0.4, 0.5) is 0 Å². The molecule has 0 saturated heterocycles. The summed E-state index contributed by atoms with van der Waals surface area (Å²) in [6.07, 6.45) is 88.7. The van der Waals surface area contributed by atoms with E-state index in [1.54, 1.807) is 0 Å². The summed E-state index contributed by atoms with van der Waals surface area (Å²) in [6, 6.07) is 0. The fourth-order valence-electron chi connectivity index (χ4n) is 6.57. The monoisotopic (exact) mass is 933 g/mol. The smallest absolute Gasteiger partial charge is 0.306 e. The molecular weight excluding hydrogens is 837 g/mol. The number of carbonyl (C=O) groups is 2. The molecule has 0 amide bonds. The molecule has 0 radical (unpaired) electrons. The van der Waals surface area contributed by atoms with E-state index < -0.39 is 6.10 Å². The minimum atomic E-state index is -0.807. The Morgan fingerprint density at radius 3 is 0.882 bits per heavy atom. The molecule has 0 aromatic carbocycles. The zero-order valence-corrected chi connectivity index (χ0v) is 43.0. The predicted molar refractivity (Wildman–Crippen MR) is 297 cm³/mol. The number of aliphatic hydroxyl groups excluding tert-OH is 1. The van der Waals surface area contributed by atoms with Gasteiger partial charge in [-0.05, 0) is 128 Å². The second-order valence-corrected chi connectivity index (χ2v) is 16.8. The Balaban J connectivity index is 3.69. The van der Waals surface area contributed by atoms with E-state index >= 15 is 0 Å². The van der Waals surface area contributed by atoms with Crippen LogP contribution < -0.4 is 0 Å². The zero-order chi connectivity index (χ0) is 49.2. The fraction of sp³-hybridized carbons (Fsp3) is 0.524. The van der Waals surface area contributed by atoms with Crippen LogP contribution in [0.15, 0.2) is 170 Å². The summed E-state index contributed by atoms with van der Waals surface area (Å²) in [5.74, 6) is -0.653. The van der Waals surface area contributed by atoms with Crippen molar-refractivity contribution in [3.63, 3.8) is 0 Å². The number of hydrogen-bond acceptors (Lipinski definition) is 5. The molecule has 0 aromatic rings. The lowest BCUT2D eigenvalue weighted by Crippen LogP contribution is -2.28. The van der Waals surface area contributed by atoms with E-state index in [0.717, 1.165) is 154 Å². The molecule has 0 aliphatic carbocycles. The maximum atomic E-state index is 12.3. The number of esters is 2. The van der Waals surface area contributed by atoms with Crippen molar-refractivity contribution in [1.82, 2.24) is 0 Å². The van der Waals surface area contributed by atoms with Crippen LogP contribution in [-0.2, 0) is 19.1 Å². The van der Waals surface area contributed by atoms with Crippen molar-refractivity contribution in [2.24, 2.45) is 0 Å². The summed E-state index contributed by atoms with van der Waals surface area (Å²) in [5, 5.41) is 9.64. The Bertz CT molecular complexity index is 1570. The SMILES string of the molecule is CC/C=C\C/C=C\C/C=C\C/C=C\C/C=C\C/C=C\C/C=C\C/C=C\CCCCCCCCC(=O)OC(CO)COC(=O)CCCCCC/C=C\C/C=C\C/C=C\C/C=C\C/C=C\C/C=C\CC. The molecule has 1 atom stereocenters. The van der Waals surface area contributed by atoms with Gasteiger partial charge in [-0.2, -0.15) is 0 Å². The first-order valence-electron chi connectivity index (χ1n) is 26.7. The van der Waals surface area contributed by atoms with E-state index in [9.17, 15) is 14.7 Å². The van der Waals surface area contributed by atoms with Crippen molar-refractivity contribution < 1.29 is 24.2 Å². The summed E-state index contributed by atoms with van der Waals surface area (Å²) >= 11 is 0. The van der Waals surface area contributed by atoms with E-state index in [1.807, 2.05) is 0 Å². The Morgan fingerprint density at radius 1 is 0.338 bits per heavy atom. The van der Waals surface area contributed by atoms with Crippen LogP contribution in [0.2, 0.25) is 0 Å². The molecule has 0 saturated carbocycles. The minimum absolute atomic E-state index is 0.0984. The van der Waals surface area contributed by atoms with E-state index in [-0.39, 0.29) is 25.2 Å². The van der Waals surface area contributed by atoms with Gasteiger partial charge in [0.2, 0.25) is 0 Å². The quantitative estimate of drug-likeness (QED) is 0.0374. The van der Waals surface area contributed by atoms with Crippen molar-refractivity contribution in [1.29, 1.82) is 0 Å². The average molecular weight is 933 g/mol. The molecule has 0 bridgehead atoms. The highest BCUT2D eigenvalue weighted by Crippen LogP contribution is 2.12. The number of carbonyl (C=O) groups excluding carboxylic acids is 2. The van der Waals surface area contributed by atoms with Crippen molar-refractivity contribution in [3.05, 3.63) is 170 Å². The highest BCUT2D eigenvalue weighted by atomic mass is 16.6. The number of ether oxygens (including phenoxy) is 2.